The fraction of sp³-hybridized carbons (Fsp3) is 0.520. The minimum absolute atomic E-state index is 0.218. The van der Waals surface area contributed by atoms with Crippen LogP contribution in [-0.4, -0.2) is 52.2 Å². The molecule has 184 valence electrons. The molecule has 0 saturated heterocycles. The lowest BCUT2D eigenvalue weighted by Gasteiger charge is -2.40. The Morgan fingerprint density at radius 1 is 0.606 bits per heavy atom. The van der Waals surface area contributed by atoms with Crippen LogP contribution in [0.5, 0.6) is 11.5 Å². The van der Waals surface area contributed by atoms with Crippen molar-refractivity contribution >= 4 is 46.1 Å². The van der Waals surface area contributed by atoms with Crippen LogP contribution in [0.1, 0.15) is 0 Å². The van der Waals surface area contributed by atoms with Gasteiger partial charge in [0.2, 0.25) is 0 Å². The molecule has 0 spiro atoms. The summed E-state index contributed by atoms with van der Waals surface area (Å²) in [6.07, 6.45) is 0. The van der Waals surface area contributed by atoms with Gasteiger partial charge in [0.05, 0.1) is 27.5 Å². The van der Waals surface area contributed by atoms with Gasteiger partial charge in [0.25, 0.3) is 0 Å². The molecule has 0 aliphatic carbocycles. The molecular formula is C25H43NO4Si3. The van der Waals surface area contributed by atoms with E-state index in [-0.39, 0.29) is 13.6 Å². The summed E-state index contributed by atoms with van der Waals surface area (Å²) in [7, 11) is -1.97. The normalized spacial score (nSPS) is 12.6. The van der Waals surface area contributed by atoms with Gasteiger partial charge in [-0.05, 0) is 22.5 Å². The molecule has 0 aliphatic heterocycles. The molecule has 0 radical (unpaired) electrons. The highest BCUT2D eigenvalue weighted by atomic mass is 28.3. The number of para-hydroxylation sites is 2. The molecule has 5 nitrogen and oxygen atoms in total. The second-order valence-corrected chi connectivity index (χ2v) is 26.3. The van der Waals surface area contributed by atoms with Gasteiger partial charge in [-0.1, -0.05) is 83.2 Å². The van der Waals surface area contributed by atoms with E-state index in [2.05, 4.69) is 99.9 Å². The number of benzene rings is 2. The lowest BCUT2D eigenvalue weighted by atomic mass is 10.2. The lowest BCUT2D eigenvalue weighted by molar-refractivity contribution is 0.0518. The lowest BCUT2D eigenvalue weighted by Crippen LogP contribution is -2.46. The number of hydrogen-bond acceptors (Lipinski definition) is 5. The first kappa shape index (κ1) is 27.7. The Kier molecular flexibility index (Phi) is 9.03. The Morgan fingerprint density at radius 3 is 1.24 bits per heavy atom. The topological polar surface area (TPSA) is 40.2 Å². The number of nitrogens with zero attached hydrogens (tertiary/aromatic N) is 1. The zero-order chi connectivity index (χ0) is 25.0. The standard InChI is InChI=1S/C25H43NO4Si3/c1-27-18-29-24-20(14-12-16-22(24)31(3,4)5)26(33(9,10)11)21-15-13-17-23(32(6,7)8)25(21)30-19-28-2/h12-17H,18-19H2,1-11H3. The molecule has 2 rings (SSSR count). The molecule has 0 N–H and O–H groups in total. The van der Waals surface area contributed by atoms with E-state index in [9.17, 15) is 0 Å². The molecule has 0 unspecified atom stereocenters. The maximum atomic E-state index is 6.30. The number of methoxy groups -OCH3 is 2. The monoisotopic (exact) mass is 505 g/mol. The predicted molar refractivity (Wildman–Crippen MR) is 149 cm³/mol. The molecule has 0 saturated carbocycles. The van der Waals surface area contributed by atoms with Gasteiger partial charge in [0, 0.05) is 14.2 Å². The molecule has 8 heteroatoms. The largest absolute Gasteiger partial charge is 0.466 e. The quantitative estimate of drug-likeness (QED) is 0.289. The van der Waals surface area contributed by atoms with Gasteiger partial charge in [0.15, 0.2) is 21.8 Å². The number of anilines is 2. The van der Waals surface area contributed by atoms with E-state index in [4.69, 9.17) is 18.9 Å². The van der Waals surface area contributed by atoms with Crippen molar-refractivity contribution in [2.45, 2.75) is 58.9 Å². The zero-order valence-electron chi connectivity index (χ0n) is 22.5. The average Bonchev–Trinajstić information content (AvgIpc) is 2.69. The molecule has 2 aromatic rings. The first-order valence-corrected chi connectivity index (χ1v) is 22.0. The second-order valence-electron chi connectivity index (χ2n) is 11.4. The first-order valence-electron chi connectivity index (χ1n) is 11.5. The summed E-state index contributed by atoms with van der Waals surface area (Å²) in [5, 5.41) is 2.59. The van der Waals surface area contributed by atoms with E-state index < -0.39 is 24.4 Å². The first-order chi connectivity index (χ1) is 15.2. The number of hydrogen-bond donors (Lipinski definition) is 0. The Morgan fingerprint density at radius 2 is 0.970 bits per heavy atom. The van der Waals surface area contributed by atoms with Gasteiger partial charge < -0.3 is 23.5 Å². The Hall–Kier alpha value is -1.59. The molecule has 0 bridgehead atoms. The van der Waals surface area contributed by atoms with E-state index in [0.29, 0.717) is 0 Å². The average molecular weight is 506 g/mol. The molecular weight excluding hydrogens is 463 g/mol. The Balaban J connectivity index is 2.89. The summed E-state index contributed by atoms with van der Waals surface area (Å²) in [6, 6.07) is 13.1. The van der Waals surface area contributed by atoms with Crippen molar-refractivity contribution in [2.75, 3.05) is 32.4 Å². The third-order valence-electron chi connectivity index (χ3n) is 5.40. The summed E-state index contributed by atoms with van der Waals surface area (Å²) in [5.74, 6) is 1.86. The van der Waals surface area contributed by atoms with E-state index in [1.807, 2.05) is 0 Å². The highest BCUT2D eigenvalue weighted by Crippen LogP contribution is 2.42. The summed E-state index contributed by atoms with van der Waals surface area (Å²) in [4.78, 5) is 0. The molecule has 0 heterocycles. The highest BCUT2D eigenvalue weighted by Gasteiger charge is 2.35. The van der Waals surface area contributed by atoms with Crippen LogP contribution in [0, 0.1) is 0 Å². The fourth-order valence-corrected chi connectivity index (χ4v) is 8.73. The van der Waals surface area contributed by atoms with Crippen LogP contribution < -0.4 is 24.4 Å². The summed E-state index contributed by atoms with van der Waals surface area (Å²) in [5.41, 5.74) is 2.17. The fourth-order valence-electron chi connectivity index (χ4n) is 3.97. The van der Waals surface area contributed by atoms with Gasteiger partial charge in [-0.25, -0.2) is 0 Å². The Bertz CT molecular complexity index is 861. The molecule has 0 aliphatic rings. The van der Waals surface area contributed by atoms with Gasteiger partial charge in [0.1, 0.15) is 11.5 Å². The molecule has 0 amide bonds. The van der Waals surface area contributed by atoms with E-state index in [0.717, 1.165) is 22.9 Å². The van der Waals surface area contributed by atoms with Crippen molar-refractivity contribution in [3.8, 4) is 11.5 Å². The van der Waals surface area contributed by atoms with Crippen molar-refractivity contribution in [1.29, 1.82) is 0 Å². The molecule has 2 aromatic carbocycles. The molecule has 0 atom stereocenters. The van der Waals surface area contributed by atoms with Gasteiger partial charge in [-0.2, -0.15) is 0 Å². The third kappa shape index (κ3) is 6.73. The van der Waals surface area contributed by atoms with Crippen molar-refractivity contribution in [3.63, 3.8) is 0 Å². The number of ether oxygens (including phenoxy) is 4. The van der Waals surface area contributed by atoms with Crippen LogP contribution in [0.2, 0.25) is 58.9 Å². The van der Waals surface area contributed by atoms with Gasteiger partial charge >= 0.3 is 0 Å². The zero-order valence-corrected chi connectivity index (χ0v) is 25.5. The summed E-state index contributed by atoms with van der Waals surface area (Å²) >= 11 is 0. The van der Waals surface area contributed by atoms with E-state index in [1.54, 1.807) is 14.2 Å². The van der Waals surface area contributed by atoms with Crippen LogP contribution in [0.25, 0.3) is 0 Å². The van der Waals surface area contributed by atoms with Crippen molar-refractivity contribution in [1.82, 2.24) is 0 Å². The predicted octanol–water partition coefficient (Wildman–Crippen LogP) is 5.72. The van der Waals surface area contributed by atoms with Crippen molar-refractivity contribution < 1.29 is 18.9 Å². The van der Waals surface area contributed by atoms with Crippen LogP contribution in [0.3, 0.4) is 0 Å². The van der Waals surface area contributed by atoms with Crippen molar-refractivity contribution in [2.24, 2.45) is 0 Å². The number of rotatable bonds is 11. The van der Waals surface area contributed by atoms with Crippen LogP contribution >= 0.6 is 0 Å². The van der Waals surface area contributed by atoms with Crippen LogP contribution in [-0.2, 0) is 9.47 Å². The molecule has 0 fully saturated rings. The van der Waals surface area contributed by atoms with Gasteiger partial charge in [-0.3, -0.25) is 0 Å². The smallest absolute Gasteiger partial charge is 0.188 e. The molecule has 33 heavy (non-hydrogen) atoms. The van der Waals surface area contributed by atoms with Crippen molar-refractivity contribution in [3.05, 3.63) is 36.4 Å². The maximum Gasteiger partial charge on any atom is 0.188 e. The van der Waals surface area contributed by atoms with E-state index in [1.165, 1.54) is 10.4 Å². The molecule has 0 aromatic heterocycles. The Labute approximate surface area is 204 Å². The summed E-state index contributed by atoms with van der Waals surface area (Å²) in [6.45, 7) is 21.6. The van der Waals surface area contributed by atoms with E-state index >= 15 is 0 Å². The second kappa shape index (κ2) is 10.8. The highest BCUT2D eigenvalue weighted by molar-refractivity contribution is 6.90. The van der Waals surface area contributed by atoms with Crippen LogP contribution in [0.4, 0.5) is 11.4 Å². The maximum absolute atomic E-state index is 6.30. The SMILES string of the molecule is COCOc1c(N(c2cccc([Si](C)(C)C)c2OCOC)[Si](C)(C)C)cccc1[Si](C)(C)C. The van der Waals surface area contributed by atoms with Crippen LogP contribution in [0.15, 0.2) is 36.4 Å². The minimum Gasteiger partial charge on any atom is -0.466 e. The third-order valence-corrected chi connectivity index (χ3v) is 11.2. The minimum atomic E-state index is -1.95. The summed E-state index contributed by atoms with van der Waals surface area (Å²) < 4.78 is 25.7. The van der Waals surface area contributed by atoms with Gasteiger partial charge in [-0.15, -0.1) is 0 Å².